The van der Waals surface area contributed by atoms with E-state index in [1.165, 1.54) is 70.6 Å². The zero-order valence-electron chi connectivity index (χ0n) is 20.6. The van der Waals surface area contributed by atoms with Crippen molar-refractivity contribution in [2.45, 2.75) is 116 Å². The Balaban J connectivity index is 0. The van der Waals surface area contributed by atoms with Crippen molar-refractivity contribution in [2.24, 2.45) is 0 Å². The average molecular weight is 454 g/mol. The van der Waals surface area contributed by atoms with Gasteiger partial charge in [-0.2, -0.15) is 0 Å². The van der Waals surface area contributed by atoms with E-state index < -0.39 is 0 Å². The molecule has 0 atom stereocenters. The lowest BCUT2D eigenvalue weighted by atomic mass is 10.1. The molecule has 0 aromatic rings. The zero-order valence-corrected chi connectivity index (χ0v) is 21.4. The van der Waals surface area contributed by atoms with Crippen LogP contribution in [0.1, 0.15) is 116 Å². The molecule has 0 aromatic heterocycles. The first-order chi connectivity index (χ1) is 14.7. The predicted molar refractivity (Wildman–Crippen MR) is 136 cm³/mol. The molecule has 0 aromatic carbocycles. The maximum Gasteiger partial charge on any atom is 0.305 e. The second-order valence-corrected chi connectivity index (χ2v) is 8.47. The number of carbonyl (C=O) groups excluding carboxylic acids is 1. The van der Waals surface area contributed by atoms with Gasteiger partial charge in [-0.3, -0.25) is 4.79 Å². The number of hydrogen-bond donors (Lipinski definition) is 0. The fraction of sp³-hybridized carbons (Fsp3) is 0.815. The van der Waals surface area contributed by atoms with Gasteiger partial charge in [0.15, 0.2) is 0 Å². The van der Waals surface area contributed by atoms with E-state index in [-0.39, 0.29) is 18.4 Å². The van der Waals surface area contributed by atoms with Crippen LogP contribution >= 0.6 is 12.4 Å². The maximum absolute atomic E-state index is 11.5. The highest BCUT2D eigenvalue weighted by Crippen LogP contribution is 2.10. The van der Waals surface area contributed by atoms with Crippen molar-refractivity contribution in [3.63, 3.8) is 0 Å². The molecule has 0 spiro atoms. The van der Waals surface area contributed by atoms with Gasteiger partial charge in [0.05, 0.1) is 0 Å². The molecule has 31 heavy (non-hydrogen) atoms. The first kappa shape index (κ1) is 32.0. The van der Waals surface area contributed by atoms with Crippen LogP contribution in [0.15, 0.2) is 0 Å². The van der Waals surface area contributed by atoms with E-state index in [2.05, 4.69) is 30.6 Å². The van der Waals surface area contributed by atoms with Crippen LogP contribution < -0.4 is 0 Å². The highest BCUT2D eigenvalue weighted by molar-refractivity contribution is 5.85. The number of rotatable bonds is 19. The molecule has 0 saturated heterocycles. The molecule has 0 aliphatic heterocycles. The Hall–Kier alpha value is -1.16. The number of ether oxygens (including phenoxy) is 1. The lowest BCUT2D eigenvalue weighted by Crippen LogP contribution is -2.20. The van der Waals surface area contributed by atoms with Crippen LogP contribution in [0.3, 0.4) is 0 Å². The van der Waals surface area contributed by atoms with Crippen LogP contribution in [0.5, 0.6) is 0 Å². The molecule has 3 nitrogen and oxygen atoms in total. The number of esters is 1. The SMILES string of the molecule is CCCCCCCCCCC#CC#CCCCCCCCCC(=O)OCCN(C)C.Cl. The minimum Gasteiger partial charge on any atom is -0.464 e. The average Bonchev–Trinajstić information content (AvgIpc) is 2.72. The molecule has 0 unspecified atom stereocenters. The monoisotopic (exact) mass is 453 g/mol. The molecular formula is C27H48ClNO2. The first-order valence-electron chi connectivity index (χ1n) is 12.4. The largest absolute Gasteiger partial charge is 0.464 e. The molecule has 4 heteroatoms. The van der Waals surface area contributed by atoms with Crippen molar-refractivity contribution in [1.82, 2.24) is 4.90 Å². The molecule has 0 N–H and O–H groups in total. The fourth-order valence-electron chi connectivity index (χ4n) is 3.16. The summed E-state index contributed by atoms with van der Waals surface area (Å²) in [6, 6.07) is 0. The number of carbonyl (C=O) groups is 1. The smallest absolute Gasteiger partial charge is 0.305 e. The van der Waals surface area contributed by atoms with E-state index in [1.807, 2.05) is 19.0 Å². The van der Waals surface area contributed by atoms with Crippen molar-refractivity contribution in [1.29, 1.82) is 0 Å². The van der Waals surface area contributed by atoms with Crippen LogP contribution in [0.25, 0.3) is 0 Å². The molecule has 0 bridgehead atoms. The van der Waals surface area contributed by atoms with Gasteiger partial charge < -0.3 is 9.64 Å². The molecule has 0 saturated carbocycles. The second-order valence-electron chi connectivity index (χ2n) is 8.47. The molecule has 0 aliphatic rings. The number of likely N-dealkylation sites (N-methyl/N-ethyl adjacent to an activating group) is 1. The number of unbranched alkanes of at least 4 members (excludes halogenated alkanes) is 14. The van der Waals surface area contributed by atoms with E-state index in [0.717, 1.165) is 38.6 Å². The molecule has 0 radical (unpaired) electrons. The Morgan fingerprint density at radius 3 is 1.65 bits per heavy atom. The summed E-state index contributed by atoms with van der Waals surface area (Å²) in [5.41, 5.74) is 0. The summed E-state index contributed by atoms with van der Waals surface area (Å²) < 4.78 is 5.19. The van der Waals surface area contributed by atoms with Crippen molar-refractivity contribution < 1.29 is 9.53 Å². The van der Waals surface area contributed by atoms with Gasteiger partial charge in [-0.05, 0) is 45.2 Å². The van der Waals surface area contributed by atoms with Gasteiger partial charge in [0.2, 0.25) is 0 Å². The molecule has 180 valence electrons. The molecule has 0 rings (SSSR count). The Morgan fingerprint density at radius 2 is 1.16 bits per heavy atom. The van der Waals surface area contributed by atoms with Gasteiger partial charge in [-0.1, -0.05) is 89.4 Å². The van der Waals surface area contributed by atoms with Gasteiger partial charge in [0.1, 0.15) is 6.61 Å². The molecule has 0 aliphatic carbocycles. The second kappa shape index (κ2) is 26.9. The summed E-state index contributed by atoms with van der Waals surface area (Å²) in [6.07, 6.45) is 20.1. The van der Waals surface area contributed by atoms with E-state index in [0.29, 0.717) is 13.0 Å². The maximum atomic E-state index is 11.5. The summed E-state index contributed by atoms with van der Waals surface area (Å²) in [4.78, 5) is 13.6. The summed E-state index contributed by atoms with van der Waals surface area (Å²) in [7, 11) is 3.96. The van der Waals surface area contributed by atoms with E-state index in [1.54, 1.807) is 0 Å². The van der Waals surface area contributed by atoms with Crippen molar-refractivity contribution in [3.8, 4) is 23.7 Å². The summed E-state index contributed by atoms with van der Waals surface area (Å²) in [5.74, 6) is 12.3. The number of hydrogen-bond acceptors (Lipinski definition) is 3. The van der Waals surface area contributed by atoms with Crippen molar-refractivity contribution in [2.75, 3.05) is 27.2 Å². The molecular weight excluding hydrogens is 406 g/mol. The summed E-state index contributed by atoms with van der Waals surface area (Å²) in [5, 5.41) is 0. The van der Waals surface area contributed by atoms with E-state index in [9.17, 15) is 4.79 Å². The topological polar surface area (TPSA) is 29.5 Å². The quantitative estimate of drug-likeness (QED) is 0.118. The lowest BCUT2D eigenvalue weighted by Gasteiger charge is -2.09. The van der Waals surface area contributed by atoms with E-state index >= 15 is 0 Å². The highest BCUT2D eigenvalue weighted by atomic mass is 35.5. The van der Waals surface area contributed by atoms with Gasteiger partial charge in [0.25, 0.3) is 0 Å². The van der Waals surface area contributed by atoms with Gasteiger partial charge in [-0.15, -0.1) is 12.4 Å². The Bertz CT molecular complexity index is 511. The lowest BCUT2D eigenvalue weighted by molar-refractivity contribution is -0.144. The normalized spacial score (nSPS) is 9.94. The van der Waals surface area contributed by atoms with Gasteiger partial charge >= 0.3 is 5.97 Å². The van der Waals surface area contributed by atoms with Crippen molar-refractivity contribution in [3.05, 3.63) is 0 Å². The van der Waals surface area contributed by atoms with Crippen LogP contribution in [0.4, 0.5) is 0 Å². The molecule has 0 amide bonds. The van der Waals surface area contributed by atoms with Gasteiger partial charge in [-0.25, -0.2) is 0 Å². The van der Waals surface area contributed by atoms with E-state index in [4.69, 9.17) is 4.74 Å². The third kappa shape index (κ3) is 28.8. The standard InChI is InChI=1S/C27H47NO2.ClH/c1-4-5-6-7-8-9-10-11-12-13-14-15-16-17-18-19-20-21-22-23-24-27(29)30-26-25-28(2)3;/h4-12,17-26H2,1-3H3;1H. The van der Waals surface area contributed by atoms with Gasteiger partial charge in [0, 0.05) is 25.8 Å². The Morgan fingerprint density at radius 1 is 0.710 bits per heavy atom. The summed E-state index contributed by atoms with van der Waals surface area (Å²) in [6.45, 7) is 3.55. The number of nitrogens with zero attached hydrogens (tertiary/aromatic N) is 1. The predicted octanol–water partition coefficient (Wildman–Crippen LogP) is 7.17. The zero-order chi connectivity index (χ0) is 22.1. The Labute approximate surface area is 199 Å². The number of halogens is 1. The first-order valence-corrected chi connectivity index (χ1v) is 12.4. The van der Waals surface area contributed by atoms with Crippen LogP contribution in [-0.4, -0.2) is 38.1 Å². The third-order valence-electron chi connectivity index (χ3n) is 5.13. The Kier molecular flexibility index (Phi) is 27.8. The molecule has 0 fully saturated rings. The van der Waals surface area contributed by atoms with Crippen molar-refractivity contribution >= 4 is 18.4 Å². The fourth-order valence-corrected chi connectivity index (χ4v) is 3.16. The van der Waals surface area contributed by atoms with Crippen LogP contribution in [0.2, 0.25) is 0 Å². The third-order valence-corrected chi connectivity index (χ3v) is 5.13. The van der Waals surface area contributed by atoms with Crippen LogP contribution in [0, 0.1) is 23.7 Å². The highest BCUT2D eigenvalue weighted by Gasteiger charge is 2.02. The minimum atomic E-state index is -0.0596. The summed E-state index contributed by atoms with van der Waals surface area (Å²) >= 11 is 0. The molecule has 0 heterocycles. The minimum absolute atomic E-state index is 0. The van der Waals surface area contributed by atoms with Crippen LogP contribution in [-0.2, 0) is 9.53 Å².